The van der Waals surface area contributed by atoms with E-state index in [4.69, 9.17) is 5.26 Å². The molecule has 2 rings (SSSR count). The van der Waals surface area contributed by atoms with E-state index in [0.29, 0.717) is 6.54 Å². The second-order valence-electron chi connectivity index (χ2n) is 4.92. The standard InChI is InChI=1S/C15H17N3O3/c16-7-3-8-17-13(19)10-18-9-6-11-4-1-2-5-12(11)14(18)15(20)21/h1-2,4-5,14H,3,6,8-10H2,(H,17,19)(H,20,21). The lowest BCUT2D eigenvalue weighted by Crippen LogP contribution is -2.45. The van der Waals surface area contributed by atoms with E-state index >= 15 is 0 Å². The zero-order valence-electron chi connectivity index (χ0n) is 11.6. The van der Waals surface area contributed by atoms with E-state index in [1.807, 2.05) is 24.3 Å². The molecular weight excluding hydrogens is 270 g/mol. The minimum atomic E-state index is -0.952. The number of nitrogens with one attached hydrogen (secondary N) is 1. The van der Waals surface area contributed by atoms with Crippen molar-refractivity contribution in [3.05, 3.63) is 35.4 Å². The molecule has 6 heteroatoms. The van der Waals surface area contributed by atoms with Crippen LogP contribution in [0.25, 0.3) is 0 Å². The molecule has 0 aliphatic carbocycles. The number of nitrogens with zero attached hydrogens (tertiary/aromatic N) is 2. The van der Waals surface area contributed by atoms with Crippen molar-refractivity contribution < 1.29 is 14.7 Å². The predicted octanol–water partition coefficient (Wildman–Crippen LogP) is 0.700. The molecule has 2 N–H and O–H groups in total. The molecule has 1 aromatic rings. The first kappa shape index (κ1) is 15.0. The SMILES string of the molecule is N#CCCNC(=O)CN1CCc2ccccc2C1C(=O)O. The number of amides is 1. The molecular formula is C15H17N3O3. The number of carbonyl (C=O) groups is 2. The summed E-state index contributed by atoms with van der Waals surface area (Å²) in [7, 11) is 0. The maximum Gasteiger partial charge on any atom is 0.325 e. The van der Waals surface area contributed by atoms with Gasteiger partial charge in [0.25, 0.3) is 0 Å². The molecule has 21 heavy (non-hydrogen) atoms. The molecule has 1 heterocycles. The zero-order valence-corrected chi connectivity index (χ0v) is 11.6. The fourth-order valence-corrected chi connectivity index (χ4v) is 2.58. The first-order valence-electron chi connectivity index (χ1n) is 6.82. The maximum absolute atomic E-state index is 11.8. The van der Waals surface area contributed by atoms with Crippen molar-refractivity contribution >= 4 is 11.9 Å². The number of benzene rings is 1. The first-order valence-corrected chi connectivity index (χ1v) is 6.82. The van der Waals surface area contributed by atoms with Crippen LogP contribution in [-0.4, -0.2) is 41.5 Å². The van der Waals surface area contributed by atoms with Crippen molar-refractivity contribution in [3.63, 3.8) is 0 Å². The zero-order chi connectivity index (χ0) is 15.2. The highest BCUT2D eigenvalue weighted by molar-refractivity contribution is 5.81. The third-order valence-electron chi connectivity index (χ3n) is 3.52. The van der Waals surface area contributed by atoms with Gasteiger partial charge in [0.1, 0.15) is 6.04 Å². The van der Waals surface area contributed by atoms with E-state index in [9.17, 15) is 14.7 Å². The van der Waals surface area contributed by atoms with E-state index in [1.54, 1.807) is 11.0 Å². The molecule has 6 nitrogen and oxygen atoms in total. The van der Waals surface area contributed by atoms with Gasteiger partial charge < -0.3 is 10.4 Å². The number of fused-ring (bicyclic) bond motifs is 1. The molecule has 1 atom stereocenters. The molecule has 0 fully saturated rings. The van der Waals surface area contributed by atoms with Crippen molar-refractivity contribution in [1.82, 2.24) is 10.2 Å². The van der Waals surface area contributed by atoms with Gasteiger partial charge in [0.2, 0.25) is 5.91 Å². The highest BCUT2D eigenvalue weighted by Crippen LogP contribution is 2.29. The molecule has 1 aliphatic heterocycles. The number of hydrogen-bond acceptors (Lipinski definition) is 4. The van der Waals surface area contributed by atoms with Gasteiger partial charge in [-0.15, -0.1) is 0 Å². The lowest BCUT2D eigenvalue weighted by Gasteiger charge is -2.34. The topological polar surface area (TPSA) is 93.4 Å². The number of carboxylic acids is 1. The van der Waals surface area contributed by atoms with Crippen molar-refractivity contribution in [2.45, 2.75) is 18.9 Å². The Hall–Kier alpha value is -2.39. The number of nitriles is 1. The third-order valence-corrected chi connectivity index (χ3v) is 3.52. The summed E-state index contributed by atoms with van der Waals surface area (Å²) in [6.45, 7) is 0.841. The van der Waals surface area contributed by atoms with Crippen LogP contribution in [0, 0.1) is 11.3 Å². The number of aliphatic carboxylic acids is 1. The normalized spacial score (nSPS) is 17.6. The van der Waals surface area contributed by atoms with Gasteiger partial charge >= 0.3 is 5.97 Å². The smallest absolute Gasteiger partial charge is 0.325 e. The van der Waals surface area contributed by atoms with Crippen LogP contribution in [0.15, 0.2) is 24.3 Å². The second kappa shape index (κ2) is 6.86. The third kappa shape index (κ3) is 3.58. The van der Waals surface area contributed by atoms with E-state index in [2.05, 4.69) is 5.32 Å². The Morgan fingerprint density at radius 3 is 2.90 bits per heavy atom. The number of carbonyl (C=O) groups excluding carboxylic acids is 1. The monoisotopic (exact) mass is 287 g/mol. The Morgan fingerprint density at radius 1 is 1.43 bits per heavy atom. The molecule has 1 unspecified atom stereocenters. The highest BCUT2D eigenvalue weighted by atomic mass is 16.4. The molecule has 110 valence electrons. The fourth-order valence-electron chi connectivity index (χ4n) is 2.58. The summed E-state index contributed by atoms with van der Waals surface area (Å²) in [5, 5.41) is 20.5. The van der Waals surface area contributed by atoms with E-state index in [0.717, 1.165) is 17.5 Å². The molecule has 0 spiro atoms. The predicted molar refractivity (Wildman–Crippen MR) is 75.3 cm³/mol. The lowest BCUT2D eigenvalue weighted by atomic mass is 9.92. The largest absolute Gasteiger partial charge is 0.480 e. The van der Waals surface area contributed by atoms with Crippen LogP contribution in [0.5, 0.6) is 0 Å². The highest BCUT2D eigenvalue weighted by Gasteiger charge is 2.33. The van der Waals surface area contributed by atoms with Crippen LogP contribution in [0.3, 0.4) is 0 Å². The van der Waals surface area contributed by atoms with E-state index in [-0.39, 0.29) is 25.4 Å². The Kier molecular flexibility index (Phi) is 4.90. The summed E-state index contributed by atoms with van der Waals surface area (Å²) in [5.41, 5.74) is 1.77. The van der Waals surface area contributed by atoms with Crippen LogP contribution in [0.1, 0.15) is 23.6 Å². The quantitative estimate of drug-likeness (QED) is 0.778. The van der Waals surface area contributed by atoms with Crippen LogP contribution in [0.4, 0.5) is 0 Å². The van der Waals surface area contributed by atoms with Crippen LogP contribution < -0.4 is 5.32 Å². The van der Waals surface area contributed by atoms with Gasteiger partial charge in [0.15, 0.2) is 0 Å². The number of hydrogen-bond donors (Lipinski definition) is 2. The fraction of sp³-hybridized carbons (Fsp3) is 0.400. The Morgan fingerprint density at radius 2 is 2.19 bits per heavy atom. The molecule has 1 aliphatic rings. The van der Waals surface area contributed by atoms with Gasteiger partial charge in [-0.05, 0) is 17.5 Å². The van der Waals surface area contributed by atoms with Crippen molar-refractivity contribution in [2.75, 3.05) is 19.6 Å². The Bertz CT molecular complexity index is 580. The average molecular weight is 287 g/mol. The summed E-state index contributed by atoms with van der Waals surface area (Å²) >= 11 is 0. The summed E-state index contributed by atoms with van der Waals surface area (Å²) in [4.78, 5) is 25.0. The molecule has 0 bridgehead atoms. The molecule has 0 aromatic heterocycles. The molecule has 0 radical (unpaired) electrons. The summed E-state index contributed by atoms with van der Waals surface area (Å²) < 4.78 is 0. The van der Waals surface area contributed by atoms with Gasteiger partial charge in [-0.2, -0.15) is 5.26 Å². The van der Waals surface area contributed by atoms with Gasteiger partial charge in [-0.3, -0.25) is 14.5 Å². The molecule has 1 aromatic carbocycles. The minimum Gasteiger partial charge on any atom is -0.480 e. The Balaban J connectivity index is 2.08. The van der Waals surface area contributed by atoms with E-state index in [1.165, 1.54) is 0 Å². The second-order valence-corrected chi connectivity index (χ2v) is 4.92. The van der Waals surface area contributed by atoms with Crippen LogP contribution in [-0.2, 0) is 16.0 Å². The van der Waals surface area contributed by atoms with Gasteiger partial charge in [-0.25, -0.2) is 0 Å². The van der Waals surface area contributed by atoms with Crippen molar-refractivity contribution in [2.24, 2.45) is 0 Å². The Labute approximate surface area is 123 Å². The summed E-state index contributed by atoms with van der Waals surface area (Å²) in [6, 6.07) is 8.58. The average Bonchev–Trinajstić information content (AvgIpc) is 2.47. The minimum absolute atomic E-state index is 0.0245. The summed E-state index contributed by atoms with van der Waals surface area (Å²) in [5.74, 6) is -1.21. The van der Waals surface area contributed by atoms with Gasteiger partial charge in [-0.1, -0.05) is 24.3 Å². The molecule has 1 amide bonds. The number of carboxylic acid groups (broad SMARTS) is 1. The van der Waals surface area contributed by atoms with Crippen molar-refractivity contribution in [3.8, 4) is 6.07 Å². The van der Waals surface area contributed by atoms with Crippen LogP contribution >= 0.6 is 0 Å². The van der Waals surface area contributed by atoms with Crippen molar-refractivity contribution in [1.29, 1.82) is 5.26 Å². The number of rotatable bonds is 5. The molecule has 0 saturated carbocycles. The van der Waals surface area contributed by atoms with Gasteiger partial charge in [0.05, 0.1) is 19.0 Å². The maximum atomic E-state index is 11.8. The van der Waals surface area contributed by atoms with Crippen LogP contribution in [0.2, 0.25) is 0 Å². The van der Waals surface area contributed by atoms with Gasteiger partial charge in [0, 0.05) is 13.1 Å². The molecule has 0 saturated heterocycles. The van der Waals surface area contributed by atoms with E-state index < -0.39 is 12.0 Å². The summed E-state index contributed by atoms with van der Waals surface area (Å²) in [6.07, 6.45) is 0.975. The lowest BCUT2D eigenvalue weighted by molar-refractivity contribution is -0.144. The first-order chi connectivity index (χ1) is 10.1.